The number of carbonyl (C=O) groups is 1. The van der Waals surface area contributed by atoms with Crippen molar-refractivity contribution in [2.24, 2.45) is 0 Å². The third-order valence-electron chi connectivity index (χ3n) is 3.19. The second-order valence-corrected chi connectivity index (χ2v) is 5.91. The van der Waals surface area contributed by atoms with E-state index in [0.717, 1.165) is 6.07 Å². The number of benzene rings is 2. The summed E-state index contributed by atoms with van der Waals surface area (Å²) in [6.07, 6.45) is -10.1. The van der Waals surface area contributed by atoms with E-state index in [0.29, 0.717) is 12.1 Å². The fourth-order valence-corrected chi connectivity index (χ4v) is 2.49. The number of amides is 1. The van der Waals surface area contributed by atoms with Gasteiger partial charge in [0.15, 0.2) is 0 Å². The van der Waals surface area contributed by atoms with Gasteiger partial charge in [-0.2, -0.15) is 26.3 Å². The zero-order chi connectivity index (χ0) is 20.4. The lowest BCUT2D eigenvalue weighted by Gasteiger charge is -2.15. The number of carbonyl (C=O) groups excluding carboxylic acids is 1. The van der Waals surface area contributed by atoms with Crippen LogP contribution in [0.15, 0.2) is 36.4 Å². The lowest BCUT2D eigenvalue weighted by Crippen LogP contribution is -2.16. The minimum Gasteiger partial charge on any atom is -0.449 e. The van der Waals surface area contributed by atoms with Crippen LogP contribution < -0.4 is 9.84 Å². The first-order valence-corrected chi connectivity index (χ1v) is 8.11. The molecule has 0 aliphatic carbocycles. The molecule has 0 heterocycles. The van der Waals surface area contributed by atoms with Crippen molar-refractivity contribution in [2.45, 2.75) is 12.4 Å². The molecule has 2 aromatic rings. The van der Waals surface area contributed by atoms with E-state index in [1.54, 1.807) is 0 Å². The van der Waals surface area contributed by atoms with Gasteiger partial charge < -0.3 is 14.7 Å². The maximum Gasteiger partial charge on any atom is 0.416 e. The molecule has 2 rings (SSSR count). The largest absolute Gasteiger partial charge is 0.449 e. The van der Waals surface area contributed by atoms with Gasteiger partial charge in [0.25, 0.3) is 5.91 Å². The van der Waals surface area contributed by atoms with E-state index < -0.39 is 44.1 Å². The Morgan fingerprint density at radius 1 is 1.00 bits per heavy atom. The van der Waals surface area contributed by atoms with Crippen LogP contribution in [0, 0.1) is 0 Å². The van der Waals surface area contributed by atoms with Crippen LogP contribution in [0.25, 0.3) is 0 Å². The van der Waals surface area contributed by atoms with Crippen molar-refractivity contribution in [2.75, 3.05) is 5.32 Å². The monoisotopic (exact) mass is 431 g/mol. The van der Waals surface area contributed by atoms with Crippen molar-refractivity contribution in [3.63, 3.8) is 0 Å². The number of halogens is 7. The molecule has 0 spiro atoms. The molecule has 0 aromatic heterocycles. The van der Waals surface area contributed by atoms with Gasteiger partial charge in [-0.05, 0) is 36.4 Å². The predicted molar refractivity (Wildman–Crippen MR) is 87.0 cm³/mol. The molecule has 27 heavy (non-hydrogen) atoms. The zero-order valence-electron chi connectivity index (χ0n) is 12.9. The summed E-state index contributed by atoms with van der Waals surface area (Å²) in [5, 5.41) is 2.02. The highest BCUT2D eigenvalue weighted by Crippen LogP contribution is 2.38. The average molecular weight is 432 g/mol. The van der Waals surface area contributed by atoms with Gasteiger partial charge in [0.1, 0.15) is 5.75 Å². The van der Waals surface area contributed by atoms with Crippen LogP contribution in [0.3, 0.4) is 0 Å². The molecule has 0 radical (unpaired) electrons. The van der Waals surface area contributed by atoms with Gasteiger partial charge >= 0.3 is 12.4 Å². The first-order chi connectivity index (χ1) is 12.4. The van der Waals surface area contributed by atoms with E-state index in [9.17, 15) is 31.1 Å². The Morgan fingerprint density at radius 2 is 1.56 bits per heavy atom. The van der Waals surface area contributed by atoms with E-state index in [1.807, 2.05) is 5.32 Å². The van der Waals surface area contributed by atoms with Gasteiger partial charge in [-0.15, -0.1) is 0 Å². The van der Waals surface area contributed by atoms with E-state index in [4.69, 9.17) is 21.0 Å². The molecule has 0 saturated heterocycles. The van der Waals surface area contributed by atoms with Crippen molar-refractivity contribution < 1.29 is 40.6 Å². The van der Waals surface area contributed by atoms with Gasteiger partial charge in [0.05, 0.1) is 16.7 Å². The highest BCUT2D eigenvalue weighted by Gasteiger charge is 2.37. The molecule has 0 bridgehead atoms. The maximum atomic E-state index is 12.9. The molecule has 1 amide bonds. The second-order valence-electron chi connectivity index (χ2n) is 5.08. The standard InChI is InChI=1S/C15H9ClF6NO3P/c16-9-1-2-12(26-27-25)11(6-9)13(24)23-10-4-7(14(17,18)19)3-8(5-10)15(20,21)22/h1-6,25,27H,(H,23,24). The smallest absolute Gasteiger partial charge is 0.416 e. The van der Waals surface area contributed by atoms with Crippen molar-refractivity contribution in [1.82, 2.24) is 0 Å². The summed E-state index contributed by atoms with van der Waals surface area (Å²) in [7, 11) is -1.05. The summed E-state index contributed by atoms with van der Waals surface area (Å²) in [5.74, 6) is -1.22. The van der Waals surface area contributed by atoms with Gasteiger partial charge in [-0.1, -0.05) is 11.6 Å². The Kier molecular flexibility index (Phi) is 6.24. The number of rotatable bonds is 4. The Labute approximate surface area is 155 Å². The minimum atomic E-state index is -5.05. The number of hydrogen-bond donors (Lipinski definition) is 2. The SMILES string of the molecule is O=C(Nc1cc(C(F)(F)F)cc(C(F)(F)F)c1)c1cc(Cl)ccc1OPO. The summed E-state index contributed by atoms with van der Waals surface area (Å²) in [6.45, 7) is 0. The van der Waals surface area contributed by atoms with Gasteiger partial charge in [0.2, 0.25) is 9.03 Å². The van der Waals surface area contributed by atoms with Gasteiger partial charge in [-0.25, -0.2) is 0 Å². The minimum absolute atomic E-state index is 0.0591. The topological polar surface area (TPSA) is 58.6 Å². The van der Waals surface area contributed by atoms with Crippen LogP contribution in [0.1, 0.15) is 21.5 Å². The lowest BCUT2D eigenvalue weighted by atomic mass is 10.1. The van der Waals surface area contributed by atoms with Crippen LogP contribution in [0.5, 0.6) is 5.75 Å². The van der Waals surface area contributed by atoms with Crippen molar-refractivity contribution >= 4 is 32.2 Å². The summed E-state index contributed by atoms with van der Waals surface area (Å²) < 4.78 is 82.0. The number of alkyl halides is 6. The van der Waals surface area contributed by atoms with Crippen molar-refractivity contribution in [1.29, 1.82) is 0 Å². The molecule has 0 aliphatic rings. The number of anilines is 1. The van der Waals surface area contributed by atoms with Crippen molar-refractivity contribution in [3.8, 4) is 5.75 Å². The van der Waals surface area contributed by atoms with Crippen LogP contribution in [-0.2, 0) is 12.4 Å². The average Bonchev–Trinajstić information content (AvgIpc) is 2.54. The second kappa shape index (κ2) is 7.92. The molecule has 0 aliphatic heterocycles. The molecule has 2 N–H and O–H groups in total. The van der Waals surface area contributed by atoms with E-state index in [1.165, 1.54) is 12.1 Å². The van der Waals surface area contributed by atoms with Gasteiger partial charge in [-0.3, -0.25) is 4.79 Å². The predicted octanol–water partition coefficient (Wildman–Crippen LogP) is 5.51. The molecular weight excluding hydrogens is 423 g/mol. The Hall–Kier alpha value is -2.03. The zero-order valence-corrected chi connectivity index (χ0v) is 14.6. The summed E-state index contributed by atoms with van der Waals surface area (Å²) in [5.41, 5.74) is -4.16. The molecule has 146 valence electrons. The van der Waals surface area contributed by atoms with E-state index in [2.05, 4.69) is 0 Å². The fraction of sp³-hybridized carbons (Fsp3) is 0.133. The summed E-state index contributed by atoms with van der Waals surface area (Å²) >= 11 is 5.74. The number of nitrogens with one attached hydrogen (secondary N) is 1. The molecule has 4 nitrogen and oxygen atoms in total. The molecule has 1 atom stereocenters. The molecule has 0 fully saturated rings. The van der Waals surface area contributed by atoms with Gasteiger partial charge in [0, 0.05) is 10.7 Å². The molecular formula is C15H9ClF6NO3P. The highest BCUT2D eigenvalue weighted by molar-refractivity contribution is 7.25. The Bertz CT molecular complexity index is 824. The summed E-state index contributed by atoms with van der Waals surface area (Å²) in [4.78, 5) is 21.1. The van der Waals surface area contributed by atoms with Crippen LogP contribution >= 0.6 is 20.6 Å². The highest BCUT2D eigenvalue weighted by atomic mass is 35.5. The molecule has 1 unspecified atom stereocenters. The third-order valence-corrected chi connectivity index (χ3v) is 3.73. The lowest BCUT2D eigenvalue weighted by molar-refractivity contribution is -0.143. The Morgan fingerprint density at radius 3 is 2.04 bits per heavy atom. The van der Waals surface area contributed by atoms with E-state index >= 15 is 0 Å². The number of hydrogen-bond acceptors (Lipinski definition) is 3. The quantitative estimate of drug-likeness (QED) is 0.496. The first kappa shape index (κ1) is 21.3. The van der Waals surface area contributed by atoms with Crippen LogP contribution in [0.4, 0.5) is 32.0 Å². The fourth-order valence-electron chi connectivity index (χ4n) is 2.04. The Balaban J connectivity index is 2.45. The normalized spacial score (nSPS) is 12.4. The van der Waals surface area contributed by atoms with Crippen LogP contribution in [0.2, 0.25) is 5.02 Å². The molecule has 12 heteroatoms. The third kappa shape index (κ3) is 5.47. The molecule has 0 saturated carbocycles. The maximum absolute atomic E-state index is 12.9. The molecule has 2 aromatic carbocycles. The first-order valence-electron chi connectivity index (χ1n) is 6.88. The van der Waals surface area contributed by atoms with Crippen LogP contribution in [-0.4, -0.2) is 10.8 Å². The van der Waals surface area contributed by atoms with E-state index in [-0.39, 0.29) is 22.4 Å². The van der Waals surface area contributed by atoms with Crippen molar-refractivity contribution in [3.05, 3.63) is 58.1 Å². The summed E-state index contributed by atoms with van der Waals surface area (Å²) in [6, 6.07) is 4.30.